The Morgan fingerprint density at radius 1 is 1.56 bits per heavy atom. The van der Waals surface area contributed by atoms with Gasteiger partial charge in [-0.15, -0.1) is 0 Å². The van der Waals surface area contributed by atoms with Crippen LogP contribution in [-0.2, 0) is 11.8 Å². The second-order valence-electron chi connectivity index (χ2n) is 4.34. The van der Waals surface area contributed by atoms with Crippen LogP contribution in [0.3, 0.4) is 0 Å². The summed E-state index contributed by atoms with van der Waals surface area (Å²) >= 11 is 0. The number of hydrogen-bond acceptors (Lipinski definition) is 5. The molecule has 1 aliphatic heterocycles. The largest absolute Gasteiger partial charge is 0.480 e. The zero-order valence-electron chi connectivity index (χ0n) is 10.5. The van der Waals surface area contributed by atoms with Gasteiger partial charge in [0.15, 0.2) is 5.65 Å². The van der Waals surface area contributed by atoms with Crippen LogP contribution >= 0.6 is 0 Å². The van der Waals surface area contributed by atoms with Crippen LogP contribution in [0.1, 0.15) is 11.7 Å². The lowest BCUT2D eigenvalue weighted by Gasteiger charge is -2.22. The Balaban J connectivity index is 2.09. The van der Waals surface area contributed by atoms with Crippen molar-refractivity contribution in [1.82, 2.24) is 19.9 Å². The summed E-state index contributed by atoms with van der Waals surface area (Å²) in [6.07, 6.45) is 3.69. The molecule has 3 heterocycles. The summed E-state index contributed by atoms with van der Waals surface area (Å²) in [6, 6.07) is 0. The first-order chi connectivity index (χ1) is 8.79. The van der Waals surface area contributed by atoms with Crippen molar-refractivity contribution in [2.75, 3.05) is 26.8 Å². The van der Waals surface area contributed by atoms with E-state index in [9.17, 15) is 0 Å². The van der Waals surface area contributed by atoms with Gasteiger partial charge in [-0.05, 0) is 0 Å². The molecule has 0 aliphatic carbocycles. The minimum Gasteiger partial charge on any atom is -0.480 e. The highest BCUT2D eigenvalue weighted by molar-refractivity contribution is 5.76. The Hall–Kier alpha value is -1.66. The van der Waals surface area contributed by atoms with Crippen molar-refractivity contribution < 1.29 is 9.47 Å². The van der Waals surface area contributed by atoms with E-state index in [1.54, 1.807) is 13.3 Å². The Morgan fingerprint density at radius 2 is 2.44 bits per heavy atom. The van der Waals surface area contributed by atoms with E-state index in [2.05, 4.69) is 15.3 Å². The molecular formula is C12H16N4O2. The van der Waals surface area contributed by atoms with E-state index in [0.29, 0.717) is 5.88 Å². The third-order valence-electron chi connectivity index (χ3n) is 3.15. The summed E-state index contributed by atoms with van der Waals surface area (Å²) < 4.78 is 12.9. The standard InChI is InChI=1S/C12H16N4O2/c1-16-7-8(9-5-13-3-4-18-9)11-12(16)14-6-10(15-11)17-2/h6-7,9,13H,3-5H2,1-2H3. The molecule has 1 saturated heterocycles. The molecule has 0 spiro atoms. The summed E-state index contributed by atoms with van der Waals surface area (Å²) in [6.45, 7) is 2.42. The number of hydrogen-bond donors (Lipinski definition) is 1. The molecule has 0 amide bonds. The number of aryl methyl sites for hydroxylation is 1. The van der Waals surface area contributed by atoms with Crippen LogP contribution in [0, 0.1) is 0 Å². The van der Waals surface area contributed by atoms with Gasteiger partial charge in [-0.1, -0.05) is 0 Å². The average Bonchev–Trinajstić information content (AvgIpc) is 2.76. The number of nitrogens with zero attached hydrogens (tertiary/aromatic N) is 3. The Kier molecular flexibility index (Phi) is 2.89. The fourth-order valence-electron chi connectivity index (χ4n) is 2.25. The maximum absolute atomic E-state index is 5.77. The number of methoxy groups -OCH3 is 1. The first-order valence-electron chi connectivity index (χ1n) is 5.98. The second-order valence-corrected chi connectivity index (χ2v) is 4.34. The summed E-state index contributed by atoms with van der Waals surface area (Å²) in [5, 5.41) is 3.32. The Labute approximate surface area is 105 Å². The molecule has 1 atom stereocenters. The molecule has 2 aromatic rings. The molecule has 0 aromatic carbocycles. The highest BCUT2D eigenvalue weighted by Gasteiger charge is 2.22. The van der Waals surface area contributed by atoms with Gasteiger partial charge in [-0.3, -0.25) is 0 Å². The number of rotatable bonds is 2. The van der Waals surface area contributed by atoms with Crippen LogP contribution < -0.4 is 10.1 Å². The fourth-order valence-corrected chi connectivity index (χ4v) is 2.25. The van der Waals surface area contributed by atoms with Crippen molar-refractivity contribution in [3.8, 4) is 5.88 Å². The van der Waals surface area contributed by atoms with E-state index in [-0.39, 0.29) is 6.10 Å². The number of ether oxygens (including phenoxy) is 2. The molecule has 18 heavy (non-hydrogen) atoms. The van der Waals surface area contributed by atoms with Gasteiger partial charge in [0.25, 0.3) is 0 Å². The van der Waals surface area contributed by atoms with Crippen LogP contribution in [0.15, 0.2) is 12.4 Å². The molecule has 3 rings (SSSR count). The number of nitrogens with one attached hydrogen (secondary N) is 1. The molecule has 1 fully saturated rings. The normalized spacial score (nSPS) is 20.2. The third-order valence-corrected chi connectivity index (χ3v) is 3.15. The van der Waals surface area contributed by atoms with E-state index in [1.165, 1.54) is 0 Å². The molecule has 1 aliphatic rings. The SMILES string of the molecule is COc1cnc2c(n1)c(C1CNCCO1)cn2C. The van der Waals surface area contributed by atoms with Gasteiger partial charge in [0.05, 0.1) is 26.0 Å². The average molecular weight is 248 g/mol. The monoisotopic (exact) mass is 248 g/mol. The number of fused-ring (bicyclic) bond motifs is 1. The van der Waals surface area contributed by atoms with Crippen molar-refractivity contribution in [3.05, 3.63) is 18.0 Å². The lowest BCUT2D eigenvalue weighted by molar-refractivity contribution is 0.0284. The number of aromatic nitrogens is 3. The molecule has 0 bridgehead atoms. The van der Waals surface area contributed by atoms with Crippen molar-refractivity contribution in [2.24, 2.45) is 7.05 Å². The van der Waals surface area contributed by atoms with Gasteiger partial charge < -0.3 is 19.4 Å². The number of morpholine rings is 1. The van der Waals surface area contributed by atoms with Crippen LogP contribution in [0.25, 0.3) is 11.2 Å². The minimum atomic E-state index is 0.0313. The van der Waals surface area contributed by atoms with Crippen molar-refractivity contribution in [1.29, 1.82) is 0 Å². The van der Waals surface area contributed by atoms with E-state index in [4.69, 9.17) is 9.47 Å². The first-order valence-corrected chi connectivity index (χ1v) is 5.98. The quantitative estimate of drug-likeness (QED) is 0.845. The summed E-state index contributed by atoms with van der Waals surface area (Å²) in [7, 11) is 3.56. The summed E-state index contributed by atoms with van der Waals surface area (Å²) in [5.41, 5.74) is 2.76. The highest BCUT2D eigenvalue weighted by Crippen LogP contribution is 2.27. The summed E-state index contributed by atoms with van der Waals surface area (Å²) in [5.74, 6) is 0.527. The lowest BCUT2D eigenvalue weighted by Crippen LogP contribution is -2.33. The second kappa shape index (κ2) is 4.55. The van der Waals surface area contributed by atoms with Crippen LogP contribution in [0.4, 0.5) is 0 Å². The Morgan fingerprint density at radius 3 is 3.17 bits per heavy atom. The van der Waals surface area contributed by atoms with Crippen LogP contribution in [-0.4, -0.2) is 41.3 Å². The predicted molar refractivity (Wildman–Crippen MR) is 66.6 cm³/mol. The van der Waals surface area contributed by atoms with Gasteiger partial charge in [0, 0.05) is 31.9 Å². The molecule has 1 N–H and O–H groups in total. The molecular weight excluding hydrogens is 232 g/mol. The van der Waals surface area contributed by atoms with Gasteiger partial charge in [-0.25, -0.2) is 9.97 Å². The molecule has 1 unspecified atom stereocenters. The van der Waals surface area contributed by atoms with E-state index < -0.39 is 0 Å². The maximum atomic E-state index is 5.77. The predicted octanol–water partition coefficient (Wildman–Crippen LogP) is 0.638. The maximum Gasteiger partial charge on any atom is 0.232 e. The van der Waals surface area contributed by atoms with E-state index >= 15 is 0 Å². The first kappa shape index (κ1) is 11.4. The van der Waals surface area contributed by atoms with Gasteiger partial charge in [0.1, 0.15) is 5.52 Å². The molecule has 0 saturated carbocycles. The molecule has 2 aromatic heterocycles. The molecule has 6 nitrogen and oxygen atoms in total. The third kappa shape index (κ3) is 1.83. The van der Waals surface area contributed by atoms with Crippen molar-refractivity contribution in [2.45, 2.75) is 6.10 Å². The summed E-state index contributed by atoms with van der Waals surface area (Å²) in [4.78, 5) is 8.84. The van der Waals surface area contributed by atoms with E-state index in [1.807, 2.05) is 17.8 Å². The molecule has 96 valence electrons. The lowest BCUT2D eigenvalue weighted by atomic mass is 10.1. The van der Waals surface area contributed by atoms with Crippen molar-refractivity contribution in [3.63, 3.8) is 0 Å². The van der Waals surface area contributed by atoms with Gasteiger partial charge >= 0.3 is 0 Å². The van der Waals surface area contributed by atoms with Crippen LogP contribution in [0.2, 0.25) is 0 Å². The van der Waals surface area contributed by atoms with Crippen LogP contribution in [0.5, 0.6) is 5.88 Å². The zero-order valence-corrected chi connectivity index (χ0v) is 10.5. The molecule has 0 radical (unpaired) electrons. The topological polar surface area (TPSA) is 61.2 Å². The minimum absolute atomic E-state index is 0.0313. The van der Waals surface area contributed by atoms with E-state index in [0.717, 1.165) is 36.4 Å². The smallest absolute Gasteiger partial charge is 0.232 e. The Bertz CT molecular complexity index is 560. The zero-order chi connectivity index (χ0) is 12.5. The highest BCUT2D eigenvalue weighted by atomic mass is 16.5. The fraction of sp³-hybridized carbons (Fsp3) is 0.500. The van der Waals surface area contributed by atoms with Gasteiger partial charge in [0.2, 0.25) is 5.88 Å². The van der Waals surface area contributed by atoms with Crippen molar-refractivity contribution >= 4 is 11.2 Å². The molecule has 6 heteroatoms. The van der Waals surface area contributed by atoms with Gasteiger partial charge in [-0.2, -0.15) is 0 Å².